The van der Waals surface area contributed by atoms with Gasteiger partial charge in [-0.3, -0.25) is 9.59 Å². The molecule has 1 aromatic carbocycles. The predicted octanol–water partition coefficient (Wildman–Crippen LogP) is -0.715. The van der Waals surface area contributed by atoms with Gasteiger partial charge < -0.3 is 35.3 Å². The Balaban J connectivity index is 1.68. The van der Waals surface area contributed by atoms with E-state index in [4.69, 9.17) is 9.26 Å². The molecule has 0 bridgehead atoms. The number of methoxy groups -OCH3 is 2. The fraction of sp³-hybridized carbons (Fsp3) is 0.348. The van der Waals surface area contributed by atoms with Crippen molar-refractivity contribution in [2.24, 2.45) is 5.92 Å². The Morgan fingerprint density at radius 1 is 1.12 bits per heavy atom. The molecule has 1 aliphatic carbocycles. The van der Waals surface area contributed by atoms with Crippen molar-refractivity contribution in [1.82, 2.24) is 31.0 Å². The second-order valence-electron chi connectivity index (χ2n) is 10.3. The van der Waals surface area contributed by atoms with Crippen molar-refractivity contribution in [2.45, 2.75) is 31.0 Å². The van der Waals surface area contributed by atoms with Crippen molar-refractivity contribution in [3.63, 3.8) is 0 Å². The standard InChI is InChI=1S/C23H29B3N8O6/c1-10(27-22(37)39-3)18-30-21(40-34-18)12-5-4-6-13(17(12)38-2)28-14-9-15(29-19(35)11-7-8-11)32-33-16(14)20(36)31-23(24,25)26/h4-6,9-11H,7-8,24-26H2,1-3H3,(H,27,37)(H,31,36)(H2,28,29,32,35)/t10-/m1/s1. The molecule has 1 aliphatic rings. The highest BCUT2D eigenvalue weighted by Gasteiger charge is 2.30. The van der Waals surface area contributed by atoms with Gasteiger partial charge >= 0.3 is 6.09 Å². The van der Waals surface area contributed by atoms with E-state index in [0.717, 1.165) is 12.8 Å². The summed E-state index contributed by atoms with van der Waals surface area (Å²) >= 11 is 0. The zero-order valence-corrected chi connectivity index (χ0v) is 23.1. The molecule has 1 fully saturated rings. The van der Waals surface area contributed by atoms with Gasteiger partial charge in [0, 0.05) is 12.0 Å². The first kappa shape index (κ1) is 28.5. The van der Waals surface area contributed by atoms with Crippen LogP contribution in [0, 0.1) is 5.92 Å². The Kier molecular flexibility index (Phi) is 8.31. The van der Waals surface area contributed by atoms with Crippen LogP contribution in [-0.4, -0.2) is 81.2 Å². The first-order chi connectivity index (χ1) is 19.0. The highest BCUT2D eigenvalue weighted by atomic mass is 16.5. The number of benzene rings is 1. The first-order valence-electron chi connectivity index (χ1n) is 12.6. The van der Waals surface area contributed by atoms with Crippen molar-refractivity contribution in [1.29, 1.82) is 0 Å². The average molecular weight is 546 g/mol. The third-order valence-corrected chi connectivity index (χ3v) is 5.76. The quantitative estimate of drug-likeness (QED) is 0.236. The summed E-state index contributed by atoms with van der Waals surface area (Å²) < 4.78 is 15.7. The third-order valence-electron chi connectivity index (χ3n) is 5.76. The first-order valence-corrected chi connectivity index (χ1v) is 12.6. The molecule has 3 aromatic rings. The lowest BCUT2D eigenvalue weighted by Crippen LogP contribution is -2.50. The van der Waals surface area contributed by atoms with Crippen LogP contribution < -0.4 is 26.0 Å². The second kappa shape index (κ2) is 11.7. The van der Waals surface area contributed by atoms with E-state index in [2.05, 4.69) is 46.3 Å². The highest BCUT2D eigenvalue weighted by Crippen LogP contribution is 2.38. The van der Waals surface area contributed by atoms with E-state index in [1.165, 1.54) is 14.2 Å². The van der Waals surface area contributed by atoms with E-state index in [1.807, 2.05) is 23.5 Å². The van der Waals surface area contributed by atoms with Crippen LogP contribution >= 0.6 is 0 Å². The number of anilines is 3. The minimum atomic E-state index is -0.632. The molecule has 0 saturated heterocycles. The van der Waals surface area contributed by atoms with Gasteiger partial charge in [0.15, 0.2) is 23.1 Å². The summed E-state index contributed by atoms with van der Waals surface area (Å²) in [5.74, 6) is 0.287. The number of nitrogens with one attached hydrogen (secondary N) is 4. The minimum Gasteiger partial charge on any atom is -0.494 e. The lowest BCUT2D eigenvalue weighted by molar-refractivity contribution is -0.117. The number of rotatable bonds is 10. The van der Waals surface area contributed by atoms with E-state index in [9.17, 15) is 14.4 Å². The summed E-state index contributed by atoms with van der Waals surface area (Å²) in [6, 6.07) is 6.16. The van der Waals surface area contributed by atoms with Gasteiger partial charge in [-0.15, -0.1) is 10.2 Å². The number of aromatic nitrogens is 4. The summed E-state index contributed by atoms with van der Waals surface area (Å²) in [6.07, 6.45) is 1.03. The molecule has 0 spiro atoms. The Bertz CT molecular complexity index is 1430. The van der Waals surface area contributed by atoms with Gasteiger partial charge in [0.1, 0.15) is 23.5 Å². The average Bonchev–Trinajstić information content (AvgIpc) is 3.64. The normalized spacial score (nSPS) is 13.6. The summed E-state index contributed by atoms with van der Waals surface area (Å²) in [4.78, 5) is 41.4. The Morgan fingerprint density at radius 2 is 1.88 bits per heavy atom. The molecule has 1 saturated carbocycles. The van der Waals surface area contributed by atoms with Gasteiger partial charge in [-0.2, -0.15) is 4.98 Å². The third kappa shape index (κ3) is 6.90. The Morgan fingerprint density at radius 3 is 2.52 bits per heavy atom. The topological polar surface area (TPSA) is 182 Å². The number of hydrogen-bond donors (Lipinski definition) is 4. The molecule has 2 aromatic heterocycles. The van der Waals surface area contributed by atoms with E-state index >= 15 is 0 Å². The molecule has 4 rings (SSSR count). The zero-order chi connectivity index (χ0) is 29.0. The maximum absolute atomic E-state index is 13.1. The SMILES string of the molecule is BC(B)(B)NC(=O)c1nnc(NC(=O)C2CC2)cc1Nc1cccc(-c2nc([C@@H](C)NC(=O)OC)no2)c1OC. The largest absolute Gasteiger partial charge is 0.494 e. The Labute approximate surface area is 233 Å². The summed E-state index contributed by atoms with van der Waals surface area (Å²) in [7, 11) is 8.28. The summed E-state index contributed by atoms with van der Waals surface area (Å²) in [5.41, 5.74) is 1.23. The predicted molar refractivity (Wildman–Crippen MR) is 153 cm³/mol. The van der Waals surface area contributed by atoms with Gasteiger partial charge in [-0.05, 0) is 37.1 Å². The maximum atomic E-state index is 13.1. The molecular formula is C23H29B3N8O6. The van der Waals surface area contributed by atoms with Gasteiger partial charge in [0.25, 0.3) is 11.8 Å². The Hall–Kier alpha value is -4.56. The van der Waals surface area contributed by atoms with Crippen LogP contribution in [0.5, 0.6) is 5.75 Å². The van der Waals surface area contributed by atoms with Crippen molar-refractivity contribution in [3.05, 3.63) is 35.8 Å². The summed E-state index contributed by atoms with van der Waals surface area (Å²) in [6.45, 7) is 1.68. The van der Waals surface area contributed by atoms with Crippen LogP contribution in [0.25, 0.3) is 11.5 Å². The molecule has 2 heterocycles. The van der Waals surface area contributed by atoms with Gasteiger partial charge in [-0.25, -0.2) is 4.79 Å². The van der Waals surface area contributed by atoms with Crippen LogP contribution in [0.4, 0.5) is 22.0 Å². The molecule has 1 atom stereocenters. The van der Waals surface area contributed by atoms with Gasteiger partial charge in [0.2, 0.25) is 5.91 Å². The minimum absolute atomic E-state index is 0.0228. The summed E-state index contributed by atoms with van der Waals surface area (Å²) in [5, 5.41) is 23.0. The van der Waals surface area contributed by atoms with Crippen molar-refractivity contribution < 1.29 is 28.4 Å². The van der Waals surface area contributed by atoms with Crippen molar-refractivity contribution in [2.75, 3.05) is 24.9 Å². The molecule has 3 amide bonds. The monoisotopic (exact) mass is 546 g/mol. The van der Waals surface area contributed by atoms with E-state index in [0.29, 0.717) is 22.7 Å². The molecule has 40 heavy (non-hydrogen) atoms. The van der Waals surface area contributed by atoms with Crippen LogP contribution in [0.15, 0.2) is 28.8 Å². The molecule has 17 heteroatoms. The highest BCUT2D eigenvalue weighted by molar-refractivity contribution is 6.60. The number of carbonyl (C=O) groups excluding carboxylic acids is 3. The number of ether oxygens (including phenoxy) is 2. The zero-order valence-electron chi connectivity index (χ0n) is 23.1. The van der Waals surface area contributed by atoms with Crippen molar-refractivity contribution >= 4 is 58.6 Å². The number of alkyl carbamates (subject to hydrolysis) is 1. The van der Waals surface area contributed by atoms with Crippen LogP contribution in [0.2, 0.25) is 0 Å². The molecule has 0 radical (unpaired) electrons. The lowest BCUT2D eigenvalue weighted by Gasteiger charge is -2.21. The molecule has 206 valence electrons. The van der Waals surface area contributed by atoms with E-state index < -0.39 is 23.3 Å². The lowest BCUT2D eigenvalue weighted by atomic mass is 9.49. The number of carbonyl (C=O) groups is 3. The molecule has 0 aliphatic heterocycles. The maximum Gasteiger partial charge on any atom is 0.407 e. The van der Waals surface area contributed by atoms with Crippen LogP contribution in [-0.2, 0) is 9.53 Å². The van der Waals surface area contributed by atoms with Gasteiger partial charge in [-0.1, -0.05) is 11.2 Å². The smallest absolute Gasteiger partial charge is 0.407 e. The molecule has 14 nitrogen and oxygen atoms in total. The van der Waals surface area contributed by atoms with Crippen LogP contribution in [0.1, 0.15) is 42.1 Å². The number of hydrogen-bond acceptors (Lipinski definition) is 11. The molecule has 0 unspecified atom stereocenters. The molecular weight excluding hydrogens is 517 g/mol. The number of amides is 3. The van der Waals surface area contributed by atoms with Crippen molar-refractivity contribution in [3.8, 4) is 17.2 Å². The van der Waals surface area contributed by atoms with Crippen LogP contribution in [0.3, 0.4) is 0 Å². The van der Waals surface area contributed by atoms with Gasteiger partial charge in [0.05, 0.1) is 37.2 Å². The fourth-order valence-corrected chi connectivity index (χ4v) is 3.68. The number of para-hydroxylation sites is 1. The number of nitrogens with zero attached hydrogens (tertiary/aromatic N) is 4. The van der Waals surface area contributed by atoms with E-state index in [-0.39, 0.29) is 35.1 Å². The molecule has 4 N–H and O–H groups in total. The fourth-order valence-electron chi connectivity index (χ4n) is 3.68. The second-order valence-corrected chi connectivity index (χ2v) is 10.3. The van der Waals surface area contributed by atoms with E-state index in [1.54, 1.807) is 31.2 Å².